The lowest BCUT2D eigenvalue weighted by Gasteiger charge is -2.13. The molecule has 0 fully saturated rings. The summed E-state index contributed by atoms with van der Waals surface area (Å²) in [6.45, 7) is 3.21. The van der Waals surface area contributed by atoms with Crippen LogP contribution in [0.5, 0.6) is 5.75 Å². The monoisotopic (exact) mass is 393 g/mol. The van der Waals surface area contributed by atoms with E-state index in [2.05, 4.69) is 58.9 Å². The Balaban J connectivity index is 1.57. The lowest BCUT2D eigenvalue weighted by Crippen LogP contribution is -2.08. The summed E-state index contributed by atoms with van der Waals surface area (Å²) in [5.41, 5.74) is 5.16. The lowest BCUT2D eigenvalue weighted by atomic mass is 10.1. The topological polar surface area (TPSA) is 32.0 Å². The summed E-state index contributed by atoms with van der Waals surface area (Å²) in [4.78, 5) is 4.82. The highest BCUT2D eigenvalue weighted by molar-refractivity contribution is 7.17. The van der Waals surface area contributed by atoms with E-state index in [4.69, 9.17) is 9.72 Å². The number of nitrogens with zero attached hydrogens (tertiary/aromatic N) is 3. The summed E-state index contributed by atoms with van der Waals surface area (Å²) in [6.07, 6.45) is 6.40. The van der Waals surface area contributed by atoms with Crippen LogP contribution >= 0.6 is 11.3 Å². The highest BCUT2D eigenvalue weighted by Gasteiger charge is 2.16. The molecule has 5 heteroatoms. The number of aromatic nitrogens is 3. The van der Waals surface area contributed by atoms with Gasteiger partial charge in [0, 0.05) is 25.5 Å². The molecule has 0 aliphatic rings. The van der Waals surface area contributed by atoms with Gasteiger partial charge in [0.15, 0.2) is 5.82 Å². The van der Waals surface area contributed by atoms with Crippen LogP contribution in [0.15, 0.2) is 48.0 Å². The summed E-state index contributed by atoms with van der Waals surface area (Å²) in [5.74, 6) is 2.00. The van der Waals surface area contributed by atoms with E-state index in [1.54, 1.807) is 18.4 Å². The van der Waals surface area contributed by atoms with E-state index in [1.165, 1.54) is 27.2 Å². The van der Waals surface area contributed by atoms with Gasteiger partial charge in [-0.05, 0) is 54.5 Å². The fourth-order valence-electron chi connectivity index (χ4n) is 3.82. The summed E-state index contributed by atoms with van der Waals surface area (Å²) in [6, 6.07) is 12.9. The molecule has 0 amide bonds. The Labute approximate surface area is 170 Å². The average Bonchev–Trinajstić information content (AvgIpc) is 3.40. The number of aryl methyl sites for hydroxylation is 3. The van der Waals surface area contributed by atoms with Gasteiger partial charge in [-0.15, -0.1) is 11.3 Å². The minimum atomic E-state index is 0.912. The quantitative estimate of drug-likeness (QED) is 0.385. The Morgan fingerprint density at radius 2 is 1.93 bits per heavy atom. The minimum absolute atomic E-state index is 0.912. The van der Waals surface area contributed by atoms with Crippen LogP contribution in [0, 0.1) is 0 Å². The average molecular weight is 394 g/mol. The van der Waals surface area contributed by atoms with Crippen molar-refractivity contribution in [1.29, 1.82) is 0 Å². The zero-order valence-corrected chi connectivity index (χ0v) is 17.6. The second-order valence-electron chi connectivity index (χ2n) is 7.19. The lowest BCUT2D eigenvalue weighted by molar-refractivity contribution is 0.414. The summed E-state index contributed by atoms with van der Waals surface area (Å²) in [5, 5.41) is 2.15. The van der Waals surface area contributed by atoms with Crippen LogP contribution in [0.25, 0.3) is 21.7 Å². The van der Waals surface area contributed by atoms with Gasteiger partial charge in [0.2, 0.25) is 0 Å². The maximum absolute atomic E-state index is 5.26. The van der Waals surface area contributed by atoms with E-state index in [1.807, 2.05) is 12.1 Å². The third-order valence-corrected chi connectivity index (χ3v) is 6.20. The van der Waals surface area contributed by atoms with E-state index in [0.717, 1.165) is 43.8 Å². The molecule has 0 unspecified atom stereocenters. The van der Waals surface area contributed by atoms with Crippen molar-refractivity contribution in [3.63, 3.8) is 0 Å². The molecular weight excluding hydrogens is 366 g/mol. The van der Waals surface area contributed by atoms with Crippen LogP contribution in [0.4, 0.5) is 0 Å². The molecular formula is C23H27N3OS. The van der Waals surface area contributed by atoms with E-state index >= 15 is 0 Å². The molecule has 0 radical (unpaired) electrons. The maximum atomic E-state index is 5.26. The molecule has 0 bridgehead atoms. The van der Waals surface area contributed by atoms with E-state index < -0.39 is 0 Å². The molecule has 0 aliphatic heterocycles. The second-order valence-corrected chi connectivity index (χ2v) is 8.13. The summed E-state index contributed by atoms with van der Waals surface area (Å²) >= 11 is 1.79. The van der Waals surface area contributed by atoms with Gasteiger partial charge in [-0.3, -0.25) is 0 Å². The summed E-state index contributed by atoms with van der Waals surface area (Å²) < 4.78 is 11.3. The number of rotatable bonds is 8. The molecule has 1 aromatic carbocycles. The number of ether oxygens (including phenoxy) is 1. The molecule has 0 saturated heterocycles. The van der Waals surface area contributed by atoms with Crippen LogP contribution in [-0.4, -0.2) is 21.2 Å². The fraction of sp³-hybridized carbons (Fsp3) is 0.348. The van der Waals surface area contributed by atoms with Crippen molar-refractivity contribution in [3.05, 3.63) is 59.2 Å². The molecule has 146 valence electrons. The highest BCUT2D eigenvalue weighted by Crippen LogP contribution is 2.31. The van der Waals surface area contributed by atoms with Crippen LogP contribution in [0.1, 0.15) is 31.0 Å². The third-order valence-electron chi connectivity index (χ3n) is 5.34. The Kier molecular flexibility index (Phi) is 5.53. The molecule has 0 spiro atoms. The Morgan fingerprint density at radius 1 is 1.11 bits per heavy atom. The molecule has 0 saturated carbocycles. The standard InChI is InChI=1S/C23H27N3OS/c1-4-6-18-16-24-23(21-15-22-20(25(21)2)12-14-28-22)26(18)13-5-7-17-8-10-19(27-3)11-9-17/h8-12,14-16H,4-7,13H2,1-3H3. The largest absolute Gasteiger partial charge is 0.497 e. The molecule has 3 heterocycles. The van der Waals surface area contributed by atoms with Crippen molar-refractivity contribution in [3.8, 4) is 17.3 Å². The van der Waals surface area contributed by atoms with Gasteiger partial charge in [-0.1, -0.05) is 25.5 Å². The first kappa shape index (κ1) is 18.8. The Bertz CT molecular complexity index is 1060. The number of hydrogen-bond acceptors (Lipinski definition) is 3. The smallest absolute Gasteiger partial charge is 0.156 e. The SMILES string of the molecule is CCCc1cnc(-c2cc3sccc3n2C)n1CCCc1ccc(OC)cc1. The number of fused-ring (bicyclic) bond motifs is 1. The number of hydrogen-bond donors (Lipinski definition) is 0. The van der Waals surface area contributed by atoms with E-state index in [-0.39, 0.29) is 0 Å². The second kappa shape index (κ2) is 8.23. The Hall–Kier alpha value is -2.53. The van der Waals surface area contributed by atoms with E-state index in [9.17, 15) is 0 Å². The number of imidazole rings is 1. The van der Waals surface area contributed by atoms with Crippen molar-refractivity contribution >= 4 is 21.6 Å². The van der Waals surface area contributed by atoms with Gasteiger partial charge in [-0.2, -0.15) is 0 Å². The van der Waals surface area contributed by atoms with Crippen LogP contribution in [0.3, 0.4) is 0 Å². The normalized spacial score (nSPS) is 11.4. The molecule has 28 heavy (non-hydrogen) atoms. The summed E-state index contributed by atoms with van der Waals surface area (Å²) in [7, 11) is 3.85. The fourth-order valence-corrected chi connectivity index (χ4v) is 4.67. The third kappa shape index (κ3) is 3.59. The molecule has 0 atom stereocenters. The van der Waals surface area contributed by atoms with Crippen LogP contribution < -0.4 is 4.74 Å². The molecule has 4 aromatic rings. The van der Waals surface area contributed by atoms with Crippen molar-refractivity contribution < 1.29 is 4.74 Å². The predicted octanol–water partition coefficient (Wildman–Crippen LogP) is 5.70. The van der Waals surface area contributed by atoms with Crippen LogP contribution in [0.2, 0.25) is 0 Å². The molecule has 0 aliphatic carbocycles. The minimum Gasteiger partial charge on any atom is -0.497 e. The first-order valence-corrected chi connectivity index (χ1v) is 10.8. The molecule has 3 aromatic heterocycles. The number of methoxy groups -OCH3 is 1. The first-order valence-electron chi connectivity index (χ1n) is 9.92. The highest BCUT2D eigenvalue weighted by atomic mass is 32.1. The first-order chi connectivity index (χ1) is 13.7. The molecule has 0 N–H and O–H groups in total. The van der Waals surface area contributed by atoms with Gasteiger partial charge in [0.1, 0.15) is 5.75 Å². The number of benzene rings is 1. The number of thiophene rings is 1. The van der Waals surface area contributed by atoms with Crippen molar-refractivity contribution in [2.45, 2.75) is 39.2 Å². The van der Waals surface area contributed by atoms with Crippen LogP contribution in [-0.2, 0) is 26.4 Å². The predicted molar refractivity (Wildman–Crippen MR) is 117 cm³/mol. The van der Waals surface area contributed by atoms with Gasteiger partial charge in [0.05, 0.1) is 23.0 Å². The van der Waals surface area contributed by atoms with Crippen molar-refractivity contribution in [2.24, 2.45) is 7.05 Å². The van der Waals surface area contributed by atoms with E-state index in [0.29, 0.717) is 0 Å². The Morgan fingerprint density at radius 3 is 2.64 bits per heavy atom. The van der Waals surface area contributed by atoms with Crippen molar-refractivity contribution in [1.82, 2.24) is 14.1 Å². The van der Waals surface area contributed by atoms with Gasteiger partial charge >= 0.3 is 0 Å². The maximum Gasteiger partial charge on any atom is 0.156 e. The zero-order chi connectivity index (χ0) is 19.5. The van der Waals surface area contributed by atoms with Crippen molar-refractivity contribution in [2.75, 3.05) is 7.11 Å². The molecule has 4 rings (SSSR count). The van der Waals surface area contributed by atoms with Gasteiger partial charge in [-0.25, -0.2) is 4.98 Å². The zero-order valence-electron chi connectivity index (χ0n) is 16.8. The van der Waals surface area contributed by atoms with Gasteiger partial charge < -0.3 is 13.9 Å². The molecule has 4 nitrogen and oxygen atoms in total. The van der Waals surface area contributed by atoms with Gasteiger partial charge in [0.25, 0.3) is 0 Å².